The van der Waals surface area contributed by atoms with Crippen molar-refractivity contribution in [2.24, 2.45) is 4.99 Å². The van der Waals surface area contributed by atoms with E-state index in [9.17, 15) is 13.2 Å². The Morgan fingerprint density at radius 2 is 1.73 bits per heavy atom. The number of hydrogen-bond donors (Lipinski definition) is 2. The van der Waals surface area contributed by atoms with Gasteiger partial charge < -0.3 is 20.1 Å². The Morgan fingerprint density at radius 3 is 2.30 bits per heavy atom. The van der Waals surface area contributed by atoms with Crippen molar-refractivity contribution in [3.05, 3.63) is 52.8 Å². The van der Waals surface area contributed by atoms with E-state index in [2.05, 4.69) is 20.6 Å². The molecule has 0 aliphatic heterocycles. The summed E-state index contributed by atoms with van der Waals surface area (Å²) in [4.78, 5) is 8.60. The maximum Gasteiger partial charge on any atom is 0.422 e. The molecule has 2 N–H and O–H groups in total. The van der Waals surface area contributed by atoms with Gasteiger partial charge in [-0.2, -0.15) is 13.2 Å². The Kier molecular flexibility index (Phi) is 10.2. The molecule has 0 saturated heterocycles. The van der Waals surface area contributed by atoms with Crippen LogP contribution in [-0.2, 0) is 13.1 Å². The van der Waals surface area contributed by atoms with E-state index >= 15 is 0 Å². The van der Waals surface area contributed by atoms with Crippen molar-refractivity contribution >= 4 is 29.9 Å². The second-order valence-corrected chi connectivity index (χ2v) is 6.37. The molecule has 0 spiro atoms. The first-order valence-electron chi connectivity index (χ1n) is 8.95. The lowest BCUT2D eigenvalue weighted by atomic mass is 10.1. The number of aryl methyl sites for hydroxylation is 1. The maximum atomic E-state index is 12.2. The molecule has 0 fully saturated rings. The van der Waals surface area contributed by atoms with Crippen molar-refractivity contribution in [2.75, 3.05) is 20.8 Å². The highest BCUT2D eigenvalue weighted by molar-refractivity contribution is 14.0. The van der Waals surface area contributed by atoms with Crippen LogP contribution in [0.4, 0.5) is 13.2 Å². The number of nitrogens with zero attached hydrogens (tertiary/aromatic N) is 2. The van der Waals surface area contributed by atoms with Crippen molar-refractivity contribution in [3.63, 3.8) is 0 Å². The number of rotatable bonds is 7. The zero-order valence-corrected chi connectivity index (χ0v) is 19.6. The van der Waals surface area contributed by atoms with Crippen molar-refractivity contribution in [1.29, 1.82) is 0 Å². The molecule has 2 rings (SSSR count). The first-order chi connectivity index (χ1) is 13.7. The normalized spacial score (nSPS) is 11.5. The minimum atomic E-state index is -4.35. The van der Waals surface area contributed by atoms with E-state index in [1.165, 1.54) is 12.1 Å². The Bertz CT molecular complexity index is 843. The van der Waals surface area contributed by atoms with Gasteiger partial charge in [-0.1, -0.05) is 12.1 Å². The maximum absolute atomic E-state index is 12.2. The number of pyridine rings is 1. The molecule has 166 valence electrons. The summed E-state index contributed by atoms with van der Waals surface area (Å²) in [6.45, 7) is 3.50. The summed E-state index contributed by atoms with van der Waals surface area (Å²) >= 11 is 0. The van der Waals surface area contributed by atoms with Crippen LogP contribution in [0.5, 0.6) is 11.5 Å². The number of aromatic nitrogens is 1. The molecule has 30 heavy (non-hydrogen) atoms. The van der Waals surface area contributed by atoms with Gasteiger partial charge in [-0.25, -0.2) is 0 Å². The van der Waals surface area contributed by atoms with E-state index in [-0.39, 0.29) is 29.7 Å². The van der Waals surface area contributed by atoms with E-state index < -0.39 is 12.8 Å². The SMILES string of the molecule is CN=C(NCc1ccc(OCC(F)(F)F)cc1)NCc1ncc(C)c(OC)c1C.I. The highest BCUT2D eigenvalue weighted by Gasteiger charge is 2.28. The van der Waals surface area contributed by atoms with Crippen LogP contribution in [-0.4, -0.2) is 37.9 Å². The predicted octanol–water partition coefficient (Wildman–Crippen LogP) is 4.13. The van der Waals surface area contributed by atoms with E-state index in [1.54, 1.807) is 32.5 Å². The zero-order chi connectivity index (χ0) is 21.4. The van der Waals surface area contributed by atoms with Gasteiger partial charge in [0.15, 0.2) is 12.6 Å². The highest BCUT2D eigenvalue weighted by atomic mass is 127. The van der Waals surface area contributed by atoms with Crippen LogP contribution in [0.15, 0.2) is 35.5 Å². The minimum Gasteiger partial charge on any atom is -0.496 e. The summed E-state index contributed by atoms with van der Waals surface area (Å²) in [6.07, 6.45) is -2.59. The molecule has 1 heterocycles. The summed E-state index contributed by atoms with van der Waals surface area (Å²) in [5, 5.41) is 6.34. The van der Waals surface area contributed by atoms with E-state index in [0.29, 0.717) is 19.0 Å². The van der Waals surface area contributed by atoms with Crippen LogP contribution >= 0.6 is 24.0 Å². The fourth-order valence-corrected chi connectivity index (χ4v) is 2.69. The van der Waals surface area contributed by atoms with Gasteiger partial charge in [0.25, 0.3) is 0 Å². The monoisotopic (exact) mass is 538 g/mol. The molecule has 6 nitrogen and oxygen atoms in total. The fourth-order valence-electron chi connectivity index (χ4n) is 2.69. The van der Waals surface area contributed by atoms with Crippen LogP contribution < -0.4 is 20.1 Å². The van der Waals surface area contributed by atoms with E-state index in [1.807, 2.05) is 13.8 Å². The largest absolute Gasteiger partial charge is 0.496 e. The van der Waals surface area contributed by atoms with Gasteiger partial charge in [0, 0.05) is 30.9 Å². The molecule has 2 aromatic rings. The first-order valence-corrected chi connectivity index (χ1v) is 8.95. The number of benzene rings is 1. The van der Waals surface area contributed by atoms with Gasteiger partial charge in [-0.3, -0.25) is 9.98 Å². The van der Waals surface area contributed by atoms with Crippen LogP contribution in [0.2, 0.25) is 0 Å². The topological polar surface area (TPSA) is 67.8 Å². The molecule has 0 aliphatic rings. The predicted molar refractivity (Wildman–Crippen MR) is 121 cm³/mol. The third-order valence-corrected chi connectivity index (χ3v) is 4.18. The zero-order valence-electron chi connectivity index (χ0n) is 17.3. The molecule has 0 atom stereocenters. The van der Waals surface area contributed by atoms with E-state index in [4.69, 9.17) is 9.47 Å². The van der Waals surface area contributed by atoms with Gasteiger partial charge in [0.05, 0.1) is 19.3 Å². The molecule has 0 radical (unpaired) electrons. The van der Waals surface area contributed by atoms with Crippen molar-refractivity contribution in [3.8, 4) is 11.5 Å². The quantitative estimate of drug-likeness (QED) is 0.316. The average molecular weight is 538 g/mol. The van der Waals surface area contributed by atoms with Crippen molar-refractivity contribution in [1.82, 2.24) is 15.6 Å². The third kappa shape index (κ3) is 7.88. The van der Waals surface area contributed by atoms with E-state index in [0.717, 1.165) is 28.1 Å². The van der Waals surface area contributed by atoms with Crippen molar-refractivity contribution in [2.45, 2.75) is 33.1 Å². The van der Waals surface area contributed by atoms with Crippen molar-refractivity contribution < 1.29 is 22.6 Å². The van der Waals surface area contributed by atoms with Crippen LogP contribution in [0.3, 0.4) is 0 Å². The average Bonchev–Trinajstić information content (AvgIpc) is 2.68. The molecule has 1 aromatic carbocycles. The Balaban J connectivity index is 0.00000450. The number of alkyl halides is 3. The molecular weight excluding hydrogens is 512 g/mol. The van der Waals surface area contributed by atoms with Gasteiger partial charge in [0.2, 0.25) is 0 Å². The molecule has 0 saturated carbocycles. The lowest BCUT2D eigenvalue weighted by molar-refractivity contribution is -0.153. The molecule has 1 aromatic heterocycles. The molecular formula is C20H26F3IN4O2. The molecule has 0 unspecified atom stereocenters. The summed E-state index contributed by atoms with van der Waals surface area (Å²) in [6, 6.07) is 6.40. The van der Waals surface area contributed by atoms with Crippen LogP contribution in [0.25, 0.3) is 0 Å². The highest BCUT2D eigenvalue weighted by Crippen LogP contribution is 2.23. The molecule has 0 aliphatic carbocycles. The van der Waals surface area contributed by atoms with Gasteiger partial charge in [0.1, 0.15) is 11.5 Å². The summed E-state index contributed by atoms with van der Waals surface area (Å²) in [7, 11) is 3.28. The second kappa shape index (κ2) is 11.8. The van der Waals surface area contributed by atoms with Gasteiger partial charge in [-0.15, -0.1) is 24.0 Å². The smallest absolute Gasteiger partial charge is 0.422 e. The number of aliphatic imine (C=N–C) groups is 1. The lowest BCUT2D eigenvalue weighted by Gasteiger charge is -2.15. The van der Waals surface area contributed by atoms with Gasteiger partial charge in [-0.05, 0) is 31.5 Å². The minimum absolute atomic E-state index is 0. The number of halogens is 4. The standard InChI is InChI=1S/C20H25F3N4O2.HI/c1-13-9-25-17(14(2)18(13)28-4)11-27-19(24-3)26-10-15-5-7-16(8-6-15)29-12-20(21,22)23;/h5-9H,10-12H2,1-4H3,(H2,24,26,27);1H. The summed E-state index contributed by atoms with van der Waals surface area (Å²) < 4.78 is 46.7. The molecule has 0 bridgehead atoms. The summed E-state index contributed by atoms with van der Waals surface area (Å²) in [5.41, 5.74) is 3.66. The van der Waals surface area contributed by atoms with Crippen LogP contribution in [0, 0.1) is 13.8 Å². The number of nitrogens with one attached hydrogen (secondary N) is 2. The second-order valence-electron chi connectivity index (χ2n) is 6.37. The fraction of sp³-hybridized carbons (Fsp3) is 0.400. The first kappa shape index (κ1) is 25.8. The third-order valence-electron chi connectivity index (χ3n) is 4.18. The number of methoxy groups -OCH3 is 1. The molecule has 10 heteroatoms. The summed E-state index contributed by atoms with van der Waals surface area (Å²) in [5.74, 6) is 1.55. The van der Waals surface area contributed by atoms with Gasteiger partial charge >= 0.3 is 6.18 Å². The number of hydrogen-bond acceptors (Lipinski definition) is 4. The molecule has 0 amide bonds. The lowest BCUT2D eigenvalue weighted by Crippen LogP contribution is -2.36. The number of ether oxygens (including phenoxy) is 2. The number of guanidine groups is 1. The Hall–Kier alpha value is -2.24. The Morgan fingerprint density at radius 1 is 1.10 bits per heavy atom. The van der Waals surface area contributed by atoms with Crippen LogP contribution in [0.1, 0.15) is 22.4 Å². The Labute approximate surface area is 191 Å².